The quantitative estimate of drug-likeness (QED) is 0.687. The van der Waals surface area contributed by atoms with Crippen LogP contribution < -0.4 is 5.32 Å². The number of ether oxygens (including phenoxy) is 1. The van der Waals surface area contributed by atoms with Crippen molar-refractivity contribution in [1.82, 2.24) is 15.1 Å². The van der Waals surface area contributed by atoms with Crippen LogP contribution >= 0.6 is 0 Å². The lowest BCUT2D eigenvalue weighted by molar-refractivity contribution is 0.0438. The van der Waals surface area contributed by atoms with Crippen molar-refractivity contribution >= 4 is 5.91 Å². The van der Waals surface area contributed by atoms with E-state index in [2.05, 4.69) is 10.4 Å². The van der Waals surface area contributed by atoms with E-state index in [1.165, 1.54) is 4.68 Å². The molecule has 1 aliphatic carbocycles. The molecule has 7 nitrogen and oxygen atoms in total. The summed E-state index contributed by atoms with van der Waals surface area (Å²) in [6.45, 7) is 2.55. The Morgan fingerprint density at radius 3 is 2.62 bits per heavy atom. The molecule has 0 spiro atoms. The van der Waals surface area contributed by atoms with E-state index in [0.29, 0.717) is 31.7 Å². The highest BCUT2D eigenvalue weighted by molar-refractivity contribution is 5.92. The maximum Gasteiger partial charge on any atom is 0.269 e. The van der Waals surface area contributed by atoms with Gasteiger partial charge in [-0.25, -0.2) is 0 Å². The molecule has 3 atom stereocenters. The first-order chi connectivity index (χ1) is 9.87. The molecule has 1 amide bonds. The van der Waals surface area contributed by atoms with Crippen molar-refractivity contribution in [3.05, 3.63) is 17.5 Å². The summed E-state index contributed by atoms with van der Waals surface area (Å²) >= 11 is 0. The first-order valence-electron chi connectivity index (χ1n) is 7.01. The minimum atomic E-state index is -0.768. The summed E-state index contributed by atoms with van der Waals surface area (Å²) in [5, 5.41) is 26.5. The van der Waals surface area contributed by atoms with Gasteiger partial charge in [-0.3, -0.25) is 9.48 Å². The molecule has 1 fully saturated rings. The van der Waals surface area contributed by atoms with Crippen molar-refractivity contribution < 1.29 is 19.7 Å². The Kier molecular flexibility index (Phi) is 4.65. The van der Waals surface area contributed by atoms with E-state index in [1.54, 1.807) is 20.2 Å². The molecule has 7 heteroatoms. The van der Waals surface area contributed by atoms with Gasteiger partial charge in [0.15, 0.2) is 0 Å². The van der Waals surface area contributed by atoms with Gasteiger partial charge in [-0.15, -0.1) is 0 Å². The fraction of sp³-hybridized carbons (Fsp3) is 0.714. The molecule has 0 aliphatic heterocycles. The molecule has 1 heterocycles. The number of carbonyl (C=O) groups is 1. The third-order valence-electron chi connectivity index (χ3n) is 4.04. The maximum atomic E-state index is 12.2. The van der Waals surface area contributed by atoms with Crippen LogP contribution in [0.15, 0.2) is 6.07 Å². The number of carbonyl (C=O) groups excluding carboxylic acids is 1. The Morgan fingerprint density at radius 2 is 2.14 bits per heavy atom. The predicted molar refractivity (Wildman–Crippen MR) is 75.8 cm³/mol. The fourth-order valence-corrected chi connectivity index (χ4v) is 3.04. The summed E-state index contributed by atoms with van der Waals surface area (Å²) in [5.74, 6) is -0.218. The molecule has 1 aliphatic rings. The molecule has 0 radical (unpaired) electrons. The summed E-state index contributed by atoms with van der Waals surface area (Å²) < 4.78 is 6.73. The third kappa shape index (κ3) is 3.42. The van der Waals surface area contributed by atoms with Gasteiger partial charge in [0.25, 0.3) is 5.91 Å². The Balaban J connectivity index is 2.02. The van der Waals surface area contributed by atoms with Crippen LogP contribution in [-0.4, -0.2) is 58.4 Å². The Morgan fingerprint density at radius 1 is 1.52 bits per heavy atom. The Bertz CT molecular complexity index is 504. The van der Waals surface area contributed by atoms with Crippen molar-refractivity contribution in [2.24, 2.45) is 12.5 Å². The molecule has 1 aromatic rings. The van der Waals surface area contributed by atoms with Crippen LogP contribution in [-0.2, 0) is 11.8 Å². The molecule has 21 heavy (non-hydrogen) atoms. The van der Waals surface area contributed by atoms with Gasteiger partial charge in [-0.05, 0) is 25.8 Å². The molecule has 118 valence electrons. The number of nitrogens with one attached hydrogen (secondary N) is 1. The lowest BCUT2D eigenvalue weighted by Gasteiger charge is -2.28. The van der Waals surface area contributed by atoms with Crippen LogP contribution in [0.3, 0.4) is 0 Å². The molecule has 0 aromatic carbocycles. The van der Waals surface area contributed by atoms with E-state index < -0.39 is 17.6 Å². The average molecular weight is 297 g/mol. The SMILES string of the molecule is COCC1(CNC(=O)c2cc(C)nn2C)C[C@@H](O)[C@@H](O)C1. The summed E-state index contributed by atoms with van der Waals surface area (Å²) in [5.41, 5.74) is 0.830. The Labute approximate surface area is 123 Å². The number of nitrogens with zero attached hydrogens (tertiary/aromatic N) is 2. The zero-order valence-electron chi connectivity index (χ0n) is 12.7. The van der Waals surface area contributed by atoms with Gasteiger partial charge in [0.05, 0.1) is 24.5 Å². The number of aryl methyl sites for hydroxylation is 2. The van der Waals surface area contributed by atoms with Crippen molar-refractivity contribution in [1.29, 1.82) is 0 Å². The summed E-state index contributed by atoms with van der Waals surface area (Å²) in [4.78, 5) is 12.2. The van der Waals surface area contributed by atoms with Crippen molar-refractivity contribution in [2.75, 3.05) is 20.3 Å². The van der Waals surface area contributed by atoms with Gasteiger partial charge in [0, 0.05) is 26.1 Å². The number of methoxy groups -OCH3 is 1. The lowest BCUT2D eigenvalue weighted by atomic mass is 9.86. The second-order valence-corrected chi connectivity index (χ2v) is 5.95. The maximum absolute atomic E-state index is 12.2. The standard InChI is InChI=1S/C14H23N3O4/c1-9-4-10(17(2)16-9)13(20)15-7-14(8-21-3)5-11(18)12(19)6-14/h4,11-12,18-19H,5-8H2,1-3H3,(H,15,20)/t11-,12+,14?. The van der Waals surface area contributed by atoms with E-state index in [-0.39, 0.29) is 5.91 Å². The molecular weight excluding hydrogens is 274 g/mol. The summed E-state index contributed by atoms with van der Waals surface area (Å²) in [6, 6.07) is 1.72. The minimum Gasteiger partial charge on any atom is -0.390 e. The molecule has 3 N–H and O–H groups in total. The molecule has 1 aromatic heterocycles. The topological polar surface area (TPSA) is 96.6 Å². The minimum absolute atomic E-state index is 0.218. The smallest absolute Gasteiger partial charge is 0.269 e. The second-order valence-electron chi connectivity index (χ2n) is 5.95. The Hall–Kier alpha value is -1.44. The lowest BCUT2D eigenvalue weighted by Crippen LogP contribution is -2.40. The first kappa shape index (κ1) is 15.9. The summed E-state index contributed by atoms with van der Waals surface area (Å²) in [7, 11) is 3.29. The third-order valence-corrected chi connectivity index (χ3v) is 4.04. The zero-order chi connectivity index (χ0) is 15.6. The first-order valence-corrected chi connectivity index (χ1v) is 7.01. The van der Waals surface area contributed by atoms with E-state index in [9.17, 15) is 15.0 Å². The molecule has 1 unspecified atom stereocenters. The van der Waals surface area contributed by atoms with Crippen LogP contribution in [0.1, 0.15) is 29.0 Å². The van der Waals surface area contributed by atoms with Gasteiger partial charge in [0.1, 0.15) is 5.69 Å². The highest BCUT2D eigenvalue weighted by atomic mass is 16.5. The molecule has 0 bridgehead atoms. The predicted octanol–water partition coefficient (Wildman–Crippen LogP) is -0.393. The number of hydrogen-bond donors (Lipinski definition) is 3. The molecule has 2 rings (SSSR count). The van der Waals surface area contributed by atoms with Crippen LogP contribution in [0, 0.1) is 12.3 Å². The second kappa shape index (κ2) is 6.13. The molecular formula is C14H23N3O4. The monoisotopic (exact) mass is 297 g/mol. The number of aromatic nitrogens is 2. The highest BCUT2D eigenvalue weighted by Crippen LogP contribution is 2.38. The summed E-state index contributed by atoms with van der Waals surface area (Å²) in [6.07, 6.45) is -0.716. The fourth-order valence-electron chi connectivity index (χ4n) is 3.04. The van der Waals surface area contributed by atoms with Crippen molar-refractivity contribution in [3.63, 3.8) is 0 Å². The van der Waals surface area contributed by atoms with E-state index in [4.69, 9.17) is 4.74 Å². The average Bonchev–Trinajstić information content (AvgIpc) is 2.88. The van der Waals surface area contributed by atoms with E-state index in [1.807, 2.05) is 6.92 Å². The number of amides is 1. The van der Waals surface area contributed by atoms with Gasteiger partial charge in [0.2, 0.25) is 0 Å². The molecule has 1 saturated carbocycles. The van der Waals surface area contributed by atoms with Crippen molar-refractivity contribution in [2.45, 2.75) is 32.0 Å². The van der Waals surface area contributed by atoms with E-state index >= 15 is 0 Å². The van der Waals surface area contributed by atoms with Gasteiger partial charge >= 0.3 is 0 Å². The zero-order valence-corrected chi connectivity index (χ0v) is 12.7. The van der Waals surface area contributed by atoms with Gasteiger partial charge < -0.3 is 20.3 Å². The number of aliphatic hydroxyl groups is 2. The van der Waals surface area contributed by atoms with Crippen LogP contribution in [0.4, 0.5) is 0 Å². The number of rotatable bonds is 5. The number of aliphatic hydroxyl groups excluding tert-OH is 2. The number of hydrogen-bond acceptors (Lipinski definition) is 5. The van der Waals surface area contributed by atoms with Crippen LogP contribution in [0.2, 0.25) is 0 Å². The molecule has 0 saturated heterocycles. The van der Waals surface area contributed by atoms with Gasteiger partial charge in [-0.1, -0.05) is 0 Å². The van der Waals surface area contributed by atoms with E-state index in [0.717, 1.165) is 5.69 Å². The largest absolute Gasteiger partial charge is 0.390 e. The van der Waals surface area contributed by atoms with Crippen LogP contribution in [0.25, 0.3) is 0 Å². The van der Waals surface area contributed by atoms with Crippen LogP contribution in [0.5, 0.6) is 0 Å². The van der Waals surface area contributed by atoms with Gasteiger partial charge in [-0.2, -0.15) is 5.10 Å². The normalized spacial score (nSPS) is 28.8. The highest BCUT2D eigenvalue weighted by Gasteiger charge is 2.44. The van der Waals surface area contributed by atoms with Crippen molar-refractivity contribution in [3.8, 4) is 0 Å².